The summed E-state index contributed by atoms with van der Waals surface area (Å²) in [5, 5.41) is 10.6. The molecule has 1 saturated heterocycles. The van der Waals surface area contributed by atoms with Crippen molar-refractivity contribution in [1.29, 1.82) is 0 Å². The Morgan fingerprint density at radius 3 is 2.87 bits per heavy atom. The number of hydrogen-bond acceptors (Lipinski definition) is 3. The van der Waals surface area contributed by atoms with Gasteiger partial charge in [-0.1, -0.05) is 18.2 Å². The molecule has 0 saturated carbocycles. The largest absolute Gasteiger partial charge is 0.496 e. The molecule has 0 amide bonds. The summed E-state index contributed by atoms with van der Waals surface area (Å²) in [6, 6.07) is 7.76. The van der Waals surface area contributed by atoms with E-state index in [9.17, 15) is 5.11 Å². The van der Waals surface area contributed by atoms with Gasteiger partial charge in [-0.2, -0.15) is 11.8 Å². The van der Waals surface area contributed by atoms with Crippen LogP contribution in [0.4, 0.5) is 0 Å². The minimum atomic E-state index is -0.699. The van der Waals surface area contributed by atoms with Gasteiger partial charge >= 0.3 is 0 Å². The minimum Gasteiger partial charge on any atom is -0.496 e. The van der Waals surface area contributed by atoms with Crippen molar-refractivity contribution < 1.29 is 9.84 Å². The summed E-state index contributed by atoms with van der Waals surface area (Å²) >= 11 is 1.81. The molecule has 1 aliphatic rings. The van der Waals surface area contributed by atoms with Gasteiger partial charge in [-0.3, -0.25) is 0 Å². The summed E-state index contributed by atoms with van der Waals surface area (Å²) in [6.07, 6.45) is 1.90. The highest BCUT2D eigenvalue weighted by Crippen LogP contribution is 2.39. The van der Waals surface area contributed by atoms with Crippen molar-refractivity contribution in [2.45, 2.75) is 18.4 Å². The van der Waals surface area contributed by atoms with Crippen LogP contribution in [0.15, 0.2) is 24.3 Å². The van der Waals surface area contributed by atoms with Gasteiger partial charge in [0, 0.05) is 11.3 Å². The number of aliphatic hydroxyl groups is 1. The van der Waals surface area contributed by atoms with Gasteiger partial charge in [0.2, 0.25) is 0 Å². The van der Waals surface area contributed by atoms with Gasteiger partial charge in [0.15, 0.2) is 0 Å². The molecule has 1 aromatic carbocycles. The molecule has 1 fully saturated rings. The zero-order valence-corrected chi connectivity index (χ0v) is 9.72. The van der Waals surface area contributed by atoms with Gasteiger partial charge in [0.05, 0.1) is 7.11 Å². The van der Waals surface area contributed by atoms with E-state index < -0.39 is 5.60 Å². The van der Waals surface area contributed by atoms with E-state index in [1.54, 1.807) is 7.11 Å². The van der Waals surface area contributed by atoms with E-state index >= 15 is 0 Å². The Kier molecular flexibility index (Phi) is 3.22. The fourth-order valence-corrected chi connectivity index (χ4v) is 3.15. The number of thioether (sulfide) groups is 1. The Morgan fingerprint density at radius 2 is 2.20 bits per heavy atom. The highest BCUT2D eigenvalue weighted by atomic mass is 32.2. The fraction of sp³-hybridized carbons (Fsp3) is 0.500. The number of benzene rings is 1. The monoisotopic (exact) mass is 224 g/mol. The first-order valence-corrected chi connectivity index (χ1v) is 6.35. The van der Waals surface area contributed by atoms with Gasteiger partial charge in [0.1, 0.15) is 11.4 Å². The second-order valence-electron chi connectivity index (χ2n) is 3.89. The van der Waals surface area contributed by atoms with E-state index in [2.05, 4.69) is 0 Å². The Morgan fingerprint density at radius 1 is 1.40 bits per heavy atom. The van der Waals surface area contributed by atoms with Crippen LogP contribution in [0.2, 0.25) is 0 Å². The van der Waals surface area contributed by atoms with Crippen LogP contribution in [-0.2, 0) is 5.60 Å². The second kappa shape index (κ2) is 4.45. The highest BCUT2D eigenvalue weighted by Gasteiger charge is 2.33. The number of ether oxygens (including phenoxy) is 1. The van der Waals surface area contributed by atoms with Gasteiger partial charge in [-0.05, 0) is 24.7 Å². The van der Waals surface area contributed by atoms with Crippen LogP contribution in [0.3, 0.4) is 0 Å². The lowest BCUT2D eigenvalue weighted by molar-refractivity contribution is 0.0470. The highest BCUT2D eigenvalue weighted by molar-refractivity contribution is 7.99. The van der Waals surface area contributed by atoms with Crippen molar-refractivity contribution in [3.05, 3.63) is 29.8 Å². The number of hydrogen-bond donors (Lipinski definition) is 1. The van der Waals surface area contributed by atoms with Crippen molar-refractivity contribution in [2.24, 2.45) is 0 Å². The lowest BCUT2D eigenvalue weighted by Gasteiger charge is -2.33. The first-order valence-electron chi connectivity index (χ1n) is 5.20. The zero-order chi connectivity index (χ0) is 10.7. The molecule has 0 unspecified atom stereocenters. The average molecular weight is 224 g/mol. The molecule has 0 aliphatic carbocycles. The number of rotatable bonds is 2. The normalized spacial score (nSPS) is 26.3. The van der Waals surface area contributed by atoms with Crippen LogP contribution in [0.5, 0.6) is 5.75 Å². The lowest BCUT2D eigenvalue weighted by atomic mass is 9.90. The summed E-state index contributed by atoms with van der Waals surface area (Å²) in [7, 11) is 1.65. The zero-order valence-electron chi connectivity index (χ0n) is 8.90. The van der Waals surface area contributed by atoms with Gasteiger partial charge in [-0.25, -0.2) is 0 Å². The first kappa shape index (κ1) is 10.8. The van der Waals surface area contributed by atoms with E-state index in [0.29, 0.717) is 0 Å². The second-order valence-corrected chi connectivity index (χ2v) is 4.99. The molecule has 0 bridgehead atoms. The number of methoxy groups -OCH3 is 1. The Hall–Kier alpha value is -0.670. The summed E-state index contributed by atoms with van der Waals surface area (Å²) in [5.41, 5.74) is 0.231. The summed E-state index contributed by atoms with van der Waals surface area (Å²) in [6.45, 7) is 0. The maximum Gasteiger partial charge on any atom is 0.124 e. The Labute approximate surface area is 94.6 Å². The molecule has 1 heterocycles. The SMILES string of the molecule is COc1ccccc1[C@@]1(O)CCCSC1. The Bertz CT molecular complexity index is 332. The molecule has 0 aromatic heterocycles. The smallest absolute Gasteiger partial charge is 0.124 e. The molecule has 2 nitrogen and oxygen atoms in total. The number of para-hydroxylation sites is 1. The van der Waals surface area contributed by atoms with Crippen molar-refractivity contribution >= 4 is 11.8 Å². The predicted molar refractivity (Wildman–Crippen MR) is 63.4 cm³/mol. The Balaban J connectivity index is 2.34. The molecule has 1 N–H and O–H groups in total. The van der Waals surface area contributed by atoms with Crippen molar-refractivity contribution in [3.63, 3.8) is 0 Å². The molecular formula is C12H16O2S. The average Bonchev–Trinajstić information content (AvgIpc) is 2.30. The molecule has 15 heavy (non-hydrogen) atoms. The van der Waals surface area contributed by atoms with Crippen LogP contribution >= 0.6 is 11.8 Å². The summed E-state index contributed by atoms with van der Waals surface area (Å²) in [4.78, 5) is 0. The lowest BCUT2D eigenvalue weighted by Crippen LogP contribution is -2.32. The topological polar surface area (TPSA) is 29.5 Å². The van der Waals surface area contributed by atoms with E-state index in [0.717, 1.165) is 35.7 Å². The molecule has 2 rings (SSSR count). The summed E-state index contributed by atoms with van der Waals surface area (Å²) < 4.78 is 5.29. The van der Waals surface area contributed by atoms with Crippen LogP contribution < -0.4 is 4.74 Å². The molecular weight excluding hydrogens is 208 g/mol. The third kappa shape index (κ3) is 2.13. The first-order chi connectivity index (χ1) is 7.26. The third-order valence-electron chi connectivity index (χ3n) is 2.83. The van der Waals surface area contributed by atoms with Crippen molar-refractivity contribution in [2.75, 3.05) is 18.6 Å². The van der Waals surface area contributed by atoms with Crippen molar-refractivity contribution in [1.82, 2.24) is 0 Å². The van der Waals surface area contributed by atoms with Gasteiger partial charge < -0.3 is 9.84 Å². The molecule has 82 valence electrons. The van der Waals surface area contributed by atoms with Crippen LogP contribution in [0.1, 0.15) is 18.4 Å². The molecule has 3 heteroatoms. The van der Waals surface area contributed by atoms with Crippen LogP contribution in [0.25, 0.3) is 0 Å². The maximum absolute atomic E-state index is 10.6. The van der Waals surface area contributed by atoms with Crippen LogP contribution in [0, 0.1) is 0 Å². The maximum atomic E-state index is 10.6. The fourth-order valence-electron chi connectivity index (χ4n) is 2.02. The van der Waals surface area contributed by atoms with E-state index in [4.69, 9.17) is 4.74 Å². The molecule has 0 spiro atoms. The van der Waals surface area contributed by atoms with E-state index in [-0.39, 0.29) is 0 Å². The van der Waals surface area contributed by atoms with Gasteiger partial charge in [0.25, 0.3) is 0 Å². The quantitative estimate of drug-likeness (QED) is 0.836. The van der Waals surface area contributed by atoms with Crippen LogP contribution in [-0.4, -0.2) is 23.7 Å². The minimum absolute atomic E-state index is 0.699. The molecule has 1 aliphatic heterocycles. The summed E-state index contributed by atoms with van der Waals surface area (Å²) in [5.74, 6) is 2.72. The standard InChI is InChI=1S/C12H16O2S/c1-14-11-6-3-2-5-10(11)12(13)7-4-8-15-9-12/h2-3,5-6,13H,4,7-9H2,1H3/t12-/m1/s1. The molecule has 0 radical (unpaired) electrons. The molecule has 1 atom stereocenters. The van der Waals surface area contributed by atoms with E-state index in [1.807, 2.05) is 36.0 Å². The van der Waals surface area contributed by atoms with Crippen molar-refractivity contribution in [3.8, 4) is 5.75 Å². The predicted octanol–water partition coefficient (Wildman–Crippen LogP) is 2.41. The molecule has 1 aromatic rings. The third-order valence-corrected chi connectivity index (χ3v) is 4.09. The van der Waals surface area contributed by atoms with Gasteiger partial charge in [-0.15, -0.1) is 0 Å². The van der Waals surface area contributed by atoms with E-state index in [1.165, 1.54) is 0 Å².